The van der Waals surface area contributed by atoms with Crippen molar-refractivity contribution in [3.63, 3.8) is 0 Å². The Morgan fingerprint density at radius 1 is 1.12 bits per heavy atom. The number of aryl methyl sites for hydroxylation is 1. The van der Waals surface area contributed by atoms with Crippen molar-refractivity contribution in [1.29, 1.82) is 0 Å². The van der Waals surface area contributed by atoms with E-state index in [0.717, 1.165) is 4.47 Å². The van der Waals surface area contributed by atoms with Gasteiger partial charge in [0.1, 0.15) is 11.5 Å². The van der Waals surface area contributed by atoms with Gasteiger partial charge in [-0.2, -0.15) is 5.10 Å². The summed E-state index contributed by atoms with van der Waals surface area (Å²) in [5, 5.41) is 16.1. The quantitative estimate of drug-likeness (QED) is 0.695. The molecule has 1 amide bonds. The van der Waals surface area contributed by atoms with Crippen LogP contribution in [0.25, 0.3) is 5.69 Å². The SMILES string of the molecule is Cc1ncc(-n2ncc(NC(=O)c3ccc(Br)cc3)c2C(=O)O)cn1. The van der Waals surface area contributed by atoms with Gasteiger partial charge in [0.15, 0.2) is 5.69 Å². The normalized spacial score (nSPS) is 10.5. The fourth-order valence-corrected chi connectivity index (χ4v) is 2.40. The van der Waals surface area contributed by atoms with E-state index in [2.05, 4.69) is 36.3 Å². The van der Waals surface area contributed by atoms with Gasteiger partial charge in [-0.1, -0.05) is 15.9 Å². The summed E-state index contributed by atoms with van der Waals surface area (Å²) in [5.74, 6) is -1.12. The van der Waals surface area contributed by atoms with Gasteiger partial charge >= 0.3 is 5.97 Å². The first-order valence-electron chi connectivity index (χ1n) is 7.13. The highest BCUT2D eigenvalue weighted by Crippen LogP contribution is 2.20. The molecule has 2 N–H and O–H groups in total. The predicted molar refractivity (Wildman–Crippen MR) is 92.9 cm³/mol. The summed E-state index contributed by atoms with van der Waals surface area (Å²) in [6.45, 7) is 1.72. The summed E-state index contributed by atoms with van der Waals surface area (Å²) in [5.41, 5.74) is 0.678. The summed E-state index contributed by atoms with van der Waals surface area (Å²) < 4.78 is 2.00. The number of anilines is 1. The standard InChI is InChI=1S/C16H12BrN5O3/c1-9-18-6-12(7-19-9)22-14(16(24)25)13(8-20-22)21-15(23)10-2-4-11(17)5-3-10/h2-8H,1H3,(H,21,23)(H,24,25). The third-order valence-corrected chi connectivity index (χ3v) is 3.87. The maximum atomic E-state index is 12.3. The van der Waals surface area contributed by atoms with Gasteiger partial charge in [0.05, 0.1) is 24.3 Å². The molecular formula is C16H12BrN5O3. The summed E-state index contributed by atoms with van der Waals surface area (Å²) in [4.78, 5) is 32.0. The molecule has 0 spiro atoms. The van der Waals surface area contributed by atoms with Crippen LogP contribution in [0.15, 0.2) is 47.3 Å². The summed E-state index contributed by atoms with van der Waals surface area (Å²) in [7, 11) is 0. The molecule has 0 saturated heterocycles. The van der Waals surface area contributed by atoms with E-state index in [4.69, 9.17) is 0 Å². The van der Waals surface area contributed by atoms with Crippen molar-refractivity contribution in [3.05, 3.63) is 64.4 Å². The molecule has 2 aromatic heterocycles. The molecule has 3 aromatic rings. The zero-order chi connectivity index (χ0) is 18.0. The minimum Gasteiger partial charge on any atom is -0.476 e. The van der Waals surface area contributed by atoms with Gasteiger partial charge in [0, 0.05) is 10.0 Å². The molecule has 1 aromatic carbocycles. The molecular weight excluding hydrogens is 390 g/mol. The number of carbonyl (C=O) groups is 2. The molecule has 0 atom stereocenters. The van der Waals surface area contributed by atoms with Crippen molar-refractivity contribution >= 4 is 33.5 Å². The Hall–Kier alpha value is -3.07. The lowest BCUT2D eigenvalue weighted by Crippen LogP contribution is -2.16. The van der Waals surface area contributed by atoms with Crippen molar-refractivity contribution in [1.82, 2.24) is 19.7 Å². The molecule has 0 aliphatic rings. The topological polar surface area (TPSA) is 110 Å². The molecule has 0 saturated carbocycles. The molecule has 0 radical (unpaired) electrons. The highest BCUT2D eigenvalue weighted by atomic mass is 79.9. The van der Waals surface area contributed by atoms with Crippen LogP contribution in [0.1, 0.15) is 26.7 Å². The number of aromatic nitrogens is 4. The van der Waals surface area contributed by atoms with Crippen LogP contribution < -0.4 is 5.32 Å². The largest absolute Gasteiger partial charge is 0.476 e. The molecule has 126 valence electrons. The van der Waals surface area contributed by atoms with Crippen LogP contribution in [0.3, 0.4) is 0 Å². The fraction of sp³-hybridized carbons (Fsp3) is 0.0625. The molecule has 0 bridgehead atoms. The molecule has 25 heavy (non-hydrogen) atoms. The summed E-state index contributed by atoms with van der Waals surface area (Å²) >= 11 is 3.29. The Balaban J connectivity index is 1.94. The van der Waals surface area contributed by atoms with E-state index in [0.29, 0.717) is 17.1 Å². The second-order valence-corrected chi connectivity index (χ2v) is 5.99. The average molecular weight is 402 g/mol. The molecule has 9 heteroatoms. The van der Waals surface area contributed by atoms with Crippen LogP contribution in [0.2, 0.25) is 0 Å². The lowest BCUT2D eigenvalue weighted by atomic mass is 10.2. The van der Waals surface area contributed by atoms with Crippen molar-refractivity contribution < 1.29 is 14.7 Å². The van der Waals surface area contributed by atoms with Crippen molar-refractivity contribution in [2.24, 2.45) is 0 Å². The highest BCUT2D eigenvalue weighted by Gasteiger charge is 2.21. The third kappa shape index (κ3) is 3.56. The van der Waals surface area contributed by atoms with Gasteiger partial charge in [-0.15, -0.1) is 0 Å². The number of rotatable bonds is 4. The minimum absolute atomic E-state index is 0.0843. The van der Waals surface area contributed by atoms with E-state index >= 15 is 0 Å². The van der Waals surface area contributed by atoms with Crippen LogP contribution in [-0.4, -0.2) is 36.7 Å². The van der Waals surface area contributed by atoms with Crippen LogP contribution in [0.5, 0.6) is 0 Å². The van der Waals surface area contributed by atoms with Crippen molar-refractivity contribution in [3.8, 4) is 5.69 Å². The fourth-order valence-electron chi connectivity index (χ4n) is 2.13. The van der Waals surface area contributed by atoms with Crippen molar-refractivity contribution in [2.45, 2.75) is 6.92 Å². The molecule has 2 heterocycles. The molecule has 0 aliphatic heterocycles. The smallest absolute Gasteiger partial charge is 0.356 e. The molecule has 0 unspecified atom stereocenters. The molecule has 0 fully saturated rings. The van der Waals surface area contributed by atoms with Crippen LogP contribution in [0, 0.1) is 6.92 Å². The summed E-state index contributed by atoms with van der Waals surface area (Å²) in [6.07, 6.45) is 4.20. The Morgan fingerprint density at radius 2 is 1.76 bits per heavy atom. The zero-order valence-corrected chi connectivity index (χ0v) is 14.6. The van der Waals surface area contributed by atoms with Gasteiger partial charge in [-0.05, 0) is 31.2 Å². The maximum Gasteiger partial charge on any atom is 0.356 e. The lowest BCUT2D eigenvalue weighted by molar-refractivity contribution is 0.0688. The Bertz CT molecular complexity index is 935. The van der Waals surface area contributed by atoms with Crippen LogP contribution in [-0.2, 0) is 0 Å². The molecule has 3 rings (SSSR count). The number of hydrogen-bond acceptors (Lipinski definition) is 5. The van der Waals surface area contributed by atoms with Gasteiger partial charge < -0.3 is 10.4 Å². The highest BCUT2D eigenvalue weighted by molar-refractivity contribution is 9.10. The second-order valence-electron chi connectivity index (χ2n) is 5.07. The maximum absolute atomic E-state index is 12.3. The van der Waals surface area contributed by atoms with Gasteiger partial charge in [0.25, 0.3) is 5.91 Å². The summed E-state index contributed by atoms with van der Waals surface area (Å²) in [6, 6.07) is 6.69. The minimum atomic E-state index is -1.23. The lowest BCUT2D eigenvalue weighted by Gasteiger charge is -2.07. The Labute approximate surface area is 150 Å². The second kappa shape index (κ2) is 6.81. The van der Waals surface area contributed by atoms with E-state index < -0.39 is 11.9 Å². The van der Waals surface area contributed by atoms with Gasteiger partial charge in [-0.3, -0.25) is 4.79 Å². The van der Waals surface area contributed by atoms with Crippen LogP contribution in [0.4, 0.5) is 5.69 Å². The number of nitrogens with one attached hydrogen (secondary N) is 1. The van der Waals surface area contributed by atoms with E-state index in [1.165, 1.54) is 23.3 Å². The van der Waals surface area contributed by atoms with Gasteiger partial charge in [-0.25, -0.2) is 19.4 Å². The number of benzene rings is 1. The predicted octanol–water partition coefficient (Wildman–Crippen LogP) is 2.68. The number of carboxylic acid groups (broad SMARTS) is 1. The van der Waals surface area contributed by atoms with E-state index in [-0.39, 0.29) is 11.4 Å². The number of amides is 1. The number of carboxylic acids is 1. The zero-order valence-electron chi connectivity index (χ0n) is 13.0. The Morgan fingerprint density at radius 3 is 2.36 bits per heavy atom. The third-order valence-electron chi connectivity index (χ3n) is 3.34. The molecule has 0 aliphatic carbocycles. The number of nitrogens with zero attached hydrogens (tertiary/aromatic N) is 4. The first-order valence-corrected chi connectivity index (χ1v) is 7.92. The monoisotopic (exact) mass is 401 g/mol. The van der Waals surface area contributed by atoms with E-state index in [1.807, 2.05) is 0 Å². The van der Waals surface area contributed by atoms with Crippen LogP contribution >= 0.6 is 15.9 Å². The van der Waals surface area contributed by atoms with E-state index in [1.54, 1.807) is 31.2 Å². The molecule has 8 nitrogen and oxygen atoms in total. The first kappa shape index (κ1) is 16.8. The average Bonchev–Trinajstić information content (AvgIpc) is 3.00. The van der Waals surface area contributed by atoms with Crippen molar-refractivity contribution in [2.75, 3.05) is 5.32 Å². The Kier molecular flexibility index (Phi) is 4.57. The van der Waals surface area contributed by atoms with E-state index in [9.17, 15) is 14.7 Å². The number of carbonyl (C=O) groups excluding carboxylic acids is 1. The number of aromatic carboxylic acids is 1. The first-order chi connectivity index (χ1) is 12.0. The van der Waals surface area contributed by atoms with Gasteiger partial charge in [0.2, 0.25) is 0 Å². The number of halogens is 1. The number of hydrogen-bond donors (Lipinski definition) is 2.